The fourth-order valence-corrected chi connectivity index (χ4v) is 3.03. The van der Waals surface area contributed by atoms with Crippen molar-refractivity contribution < 1.29 is 0 Å². The maximum Gasteiger partial charge on any atom is 0.116 e. The molecule has 0 aliphatic heterocycles. The summed E-state index contributed by atoms with van der Waals surface area (Å²) in [5.74, 6) is 0.972. The molecule has 1 unspecified atom stereocenters. The second-order valence-electron chi connectivity index (χ2n) is 5.21. The van der Waals surface area contributed by atoms with Gasteiger partial charge in [0.25, 0.3) is 0 Å². The van der Waals surface area contributed by atoms with E-state index >= 15 is 0 Å². The van der Waals surface area contributed by atoms with Gasteiger partial charge in [-0.2, -0.15) is 0 Å². The highest BCUT2D eigenvalue weighted by molar-refractivity contribution is 7.99. The number of hydrogen-bond acceptors (Lipinski definition) is 4. The molecular formula is C17H23N3S. The van der Waals surface area contributed by atoms with Crippen molar-refractivity contribution in [1.82, 2.24) is 15.3 Å². The van der Waals surface area contributed by atoms with Crippen molar-refractivity contribution in [2.24, 2.45) is 0 Å². The molecule has 0 bridgehead atoms. The lowest BCUT2D eigenvalue weighted by Crippen LogP contribution is -2.24. The van der Waals surface area contributed by atoms with Crippen LogP contribution < -0.4 is 5.32 Å². The highest BCUT2D eigenvalue weighted by Gasteiger charge is 2.12. The molecular weight excluding hydrogens is 278 g/mol. The number of benzene rings is 1. The van der Waals surface area contributed by atoms with Crippen molar-refractivity contribution in [2.75, 3.05) is 12.3 Å². The molecule has 0 radical (unpaired) electrons. The first-order chi connectivity index (χ1) is 10.2. The van der Waals surface area contributed by atoms with Crippen LogP contribution in [-0.4, -0.2) is 22.3 Å². The molecule has 0 aliphatic rings. The van der Waals surface area contributed by atoms with E-state index in [1.54, 1.807) is 24.3 Å². The van der Waals surface area contributed by atoms with Crippen molar-refractivity contribution in [3.63, 3.8) is 0 Å². The average Bonchev–Trinajstić information content (AvgIpc) is 2.51. The standard InChI is InChI=1S/C17H23N3S/c1-4-8-19-16(11-21-17-7-9-18-12-20-17)15-6-5-13(2)14(3)10-15/h5-7,9-10,12,16,19H,4,8,11H2,1-3H3. The Kier molecular flexibility index (Phi) is 6.21. The maximum atomic E-state index is 4.28. The molecule has 2 rings (SSSR count). The number of thioether (sulfide) groups is 1. The molecule has 112 valence electrons. The quantitative estimate of drug-likeness (QED) is 0.621. The minimum Gasteiger partial charge on any atom is -0.309 e. The Hall–Kier alpha value is -1.39. The van der Waals surface area contributed by atoms with E-state index in [1.165, 1.54) is 16.7 Å². The third-order valence-corrected chi connectivity index (χ3v) is 4.56. The van der Waals surface area contributed by atoms with Crippen LogP contribution in [0, 0.1) is 13.8 Å². The summed E-state index contributed by atoms with van der Waals surface area (Å²) in [4.78, 5) is 8.24. The van der Waals surface area contributed by atoms with Crippen LogP contribution in [0.4, 0.5) is 0 Å². The molecule has 4 heteroatoms. The summed E-state index contributed by atoms with van der Waals surface area (Å²) in [5, 5.41) is 4.66. The molecule has 2 aromatic rings. The SMILES string of the molecule is CCCNC(CSc1ccncn1)c1ccc(C)c(C)c1. The number of hydrogen-bond donors (Lipinski definition) is 1. The smallest absolute Gasteiger partial charge is 0.116 e. The minimum absolute atomic E-state index is 0.351. The van der Waals surface area contributed by atoms with Gasteiger partial charge in [-0.15, -0.1) is 11.8 Å². The van der Waals surface area contributed by atoms with Crippen LogP contribution in [-0.2, 0) is 0 Å². The highest BCUT2D eigenvalue weighted by atomic mass is 32.2. The molecule has 1 heterocycles. The number of aromatic nitrogens is 2. The van der Waals surface area contributed by atoms with Gasteiger partial charge in [0, 0.05) is 18.0 Å². The van der Waals surface area contributed by atoms with Gasteiger partial charge >= 0.3 is 0 Å². The second kappa shape index (κ2) is 8.15. The summed E-state index contributed by atoms with van der Waals surface area (Å²) >= 11 is 1.77. The summed E-state index contributed by atoms with van der Waals surface area (Å²) in [6.07, 6.45) is 4.53. The molecule has 0 saturated carbocycles. The zero-order valence-electron chi connectivity index (χ0n) is 13.0. The zero-order valence-corrected chi connectivity index (χ0v) is 13.8. The summed E-state index contributed by atoms with van der Waals surface area (Å²) in [5.41, 5.74) is 4.05. The number of aryl methyl sites for hydroxylation is 2. The van der Waals surface area contributed by atoms with Gasteiger partial charge in [-0.1, -0.05) is 25.1 Å². The van der Waals surface area contributed by atoms with Gasteiger partial charge in [0.05, 0.1) is 5.03 Å². The first kappa shape index (κ1) is 16.0. The lowest BCUT2D eigenvalue weighted by molar-refractivity contribution is 0.577. The summed E-state index contributed by atoms with van der Waals surface area (Å²) < 4.78 is 0. The zero-order chi connectivity index (χ0) is 15.1. The molecule has 0 saturated heterocycles. The third kappa shape index (κ3) is 4.83. The van der Waals surface area contributed by atoms with E-state index in [2.05, 4.69) is 54.3 Å². The van der Waals surface area contributed by atoms with Crippen molar-refractivity contribution >= 4 is 11.8 Å². The van der Waals surface area contributed by atoms with Gasteiger partial charge in [-0.05, 0) is 49.6 Å². The van der Waals surface area contributed by atoms with Crippen LogP contribution in [0.2, 0.25) is 0 Å². The fraction of sp³-hybridized carbons (Fsp3) is 0.412. The lowest BCUT2D eigenvalue weighted by atomic mass is 10.0. The monoisotopic (exact) mass is 301 g/mol. The van der Waals surface area contributed by atoms with Gasteiger partial charge in [-0.3, -0.25) is 0 Å². The van der Waals surface area contributed by atoms with E-state index in [0.29, 0.717) is 6.04 Å². The Labute approximate surface area is 131 Å². The van der Waals surface area contributed by atoms with Gasteiger partial charge < -0.3 is 5.32 Å². The Morgan fingerprint density at radius 1 is 1.19 bits per heavy atom. The number of rotatable bonds is 7. The van der Waals surface area contributed by atoms with Crippen LogP contribution >= 0.6 is 11.8 Å². The van der Waals surface area contributed by atoms with Crippen LogP contribution in [0.3, 0.4) is 0 Å². The molecule has 1 atom stereocenters. The van der Waals surface area contributed by atoms with Crippen molar-refractivity contribution in [3.8, 4) is 0 Å². The minimum atomic E-state index is 0.351. The molecule has 21 heavy (non-hydrogen) atoms. The third-order valence-electron chi connectivity index (χ3n) is 3.53. The van der Waals surface area contributed by atoms with E-state index in [1.807, 2.05) is 6.07 Å². The van der Waals surface area contributed by atoms with Gasteiger partial charge in [-0.25, -0.2) is 9.97 Å². The predicted molar refractivity (Wildman–Crippen MR) is 89.7 cm³/mol. The van der Waals surface area contributed by atoms with Crippen molar-refractivity contribution in [1.29, 1.82) is 0 Å². The Balaban J connectivity index is 2.08. The average molecular weight is 301 g/mol. The van der Waals surface area contributed by atoms with E-state index in [0.717, 1.165) is 23.7 Å². The maximum absolute atomic E-state index is 4.28. The number of nitrogens with one attached hydrogen (secondary N) is 1. The first-order valence-corrected chi connectivity index (χ1v) is 8.38. The predicted octanol–water partition coefficient (Wildman–Crippen LogP) is 3.93. The summed E-state index contributed by atoms with van der Waals surface area (Å²) in [6.45, 7) is 7.56. The Morgan fingerprint density at radius 2 is 2.05 bits per heavy atom. The van der Waals surface area contributed by atoms with Gasteiger partial charge in [0.15, 0.2) is 0 Å². The van der Waals surface area contributed by atoms with Crippen molar-refractivity contribution in [3.05, 3.63) is 53.5 Å². The molecule has 3 nitrogen and oxygen atoms in total. The molecule has 0 aliphatic carbocycles. The van der Waals surface area contributed by atoms with Crippen molar-refractivity contribution in [2.45, 2.75) is 38.3 Å². The molecule has 0 spiro atoms. The van der Waals surface area contributed by atoms with Gasteiger partial charge in [0.1, 0.15) is 6.33 Å². The molecule has 1 aromatic carbocycles. The van der Waals surface area contributed by atoms with Crippen LogP contribution in [0.5, 0.6) is 0 Å². The summed E-state index contributed by atoms with van der Waals surface area (Å²) in [6, 6.07) is 9.05. The van der Waals surface area contributed by atoms with Crippen LogP contribution in [0.25, 0.3) is 0 Å². The summed E-state index contributed by atoms with van der Waals surface area (Å²) in [7, 11) is 0. The molecule has 0 amide bonds. The molecule has 1 aromatic heterocycles. The normalized spacial score (nSPS) is 12.3. The molecule has 1 N–H and O–H groups in total. The first-order valence-electron chi connectivity index (χ1n) is 7.40. The van der Waals surface area contributed by atoms with E-state index < -0.39 is 0 Å². The Bertz CT molecular complexity index is 557. The van der Waals surface area contributed by atoms with Crippen LogP contribution in [0.1, 0.15) is 36.1 Å². The second-order valence-corrected chi connectivity index (χ2v) is 6.25. The largest absolute Gasteiger partial charge is 0.309 e. The topological polar surface area (TPSA) is 37.8 Å². The van der Waals surface area contributed by atoms with Gasteiger partial charge in [0.2, 0.25) is 0 Å². The fourth-order valence-electron chi connectivity index (χ4n) is 2.11. The highest BCUT2D eigenvalue weighted by Crippen LogP contribution is 2.24. The van der Waals surface area contributed by atoms with E-state index in [9.17, 15) is 0 Å². The Morgan fingerprint density at radius 3 is 2.71 bits per heavy atom. The van der Waals surface area contributed by atoms with Crippen LogP contribution in [0.15, 0.2) is 41.8 Å². The molecule has 0 fully saturated rings. The van der Waals surface area contributed by atoms with E-state index in [-0.39, 0.29) is 0 Å². The van der Waals surface area contributed by atoms with E-state index in [4.69, 9.17) is 0 Å². The lowest BCUT2D eigenvalue weighted by Gasteiger charge is -2.19. The number of nitrogens with zero attached hydrogens (tertiary/aromatic N) is 2.